The highest BCUT2D eigenvalue weighted by Crippen LogP contribution is 2.39. The molecule has 0 unspecified atom stereocenters. The van der Waals surface area contributed by atoms with Gasteiger partial charge in [0.15, 0.2) is 11.5 Å². The van der Waals surface area contributed by atoms with Crippen LogP contribution < -0.4 is 14.2 Å². The first-order chi connectivity index (χ1) is 7.93. The number of methoxy groups -OCH3 is 1. The summed E-state index contributed by atoms with van der Waals surface area (Å²) >= 11 is 2.24. The molecule has 4 heteroatoms. The molecule has 1 aromatic rings. The minimum atomic E-state index is 0.106. The van der Waals surface area contributed by atoms with E-state index >= 15 is 0 Å². The van der Waals surface area contributed by atoms with Gasteiger partial charge in [-0.15, -0.1) is 0 Å². The minimum absolute atomic E-state index is 0.106. The van der Waals surface area contributed by atoms with Crippen molar-refractivity contribution in [3.8, 4) is 17.2 Å². The quantitative estimate of drug-likeness (QED) is 0.755. The van der Waals surface area contributed by atoms with Gasteiger partial charge in [0.05, 0.1) is 19.3 Å². The van der Waals surface area contributed by atoms with Crippen molar-refractivity contribution in [3.63, 3.8) is 0 Å². The molecule has 0 spiro atoms. The molecule has 1 aromatic carbocycles. The first kappa shape index (κ1) is 14.4. The smallest absolute Gasteiger partial charge is 0.203 e. The molecular weight excluding hydrogens is 331 g/mol. The first-order valence-electron chi connectivity index (χ1n) is 5.65. The van der Waals surface area contributed by atoms with Gasteiger partial charge in [0, 0.05) is 3.57 Å². The highest BCUT2D eigenvalue weighted by atomic mass is 127. The average molecular weight is 350 g/mol. The maximum Gasteiger partial charge on any atom is 0.203 e. The van der Waals surface area contributed by atoms with E-state index < -0.39 is 0 Å². The van der Waals surface area contributed by atoms with E-state index in [-0.39, 0.29) is 12.2 Å². The summed E-state index contributed by atoms with van der Waals surface area (Å²) in [4.78, 5) is 0. The summed E-state index contributed by atoms with van der Waals surface area (Å²) in [6.07, 6.45) is 0.211. The Labute approximate surface area is 117 Å². The number of benzene rings is 1. The molecule has 0 amide bonds. The van der Waals surface area contributed by atoms with Crippen LogP contribution in [0.2, 0.25) is 0 Å². The van der Waals surface area contributed by atoms with Gasteiger partial charge in [0.2, 0.25) is 5.75 Å². The predicted octanol–water partition coefficient (Wildman–Crippen LogP) is 3.87. The van der Waals surface area contributed by atoms with E-state index in [0.717, 1.165) is 15.1 Å². The van der Waals surface area contributed by atoms with Crippen molar-refractivity contribution in [2.45, 2.75) is 39.9 Å². The predicted molar refractivity (Wildman–Crippen MR) is 77.2 cm³/mol. The molecule has 0 saturated heterocycles. The molecule has 0 N–H and O–H groups in total. The summed E-state index contributed by atoms with van der Waals surface area (Å²) in [7, 11) is 1.63. The van der Waals surface area contributed by atoms with E-state index in [2.05, 4.69) is 22.6 Å². The van der Waals surface area contributed by atoms with E-state index in [1.165, 1.54) is 0 Å². The summed E-state index contributed by atoms with van der Waals surface area (Å²) in [5.74, 6) is 2.11. The second-order valence-corrected chi connectivity index (χ2v) is 5.51. The molecule has 3 nitrogen and oxygen atoms in total. The van der Waals surface area contributed by atoms with Gasteiger partial charge in [-0.25, -0.2) is 0 Å². The Hall–Kier alpha value is -0.650. The van der Waals surface area contributed by atoms with Gasteiger partial charge >= 0.3 is 0 Å². The first-order valence-corrected chi connectivity index (χ1v) is 6.72. The number of halogens is 1. The normalized spacial score (nSPS) is 10.8. The van der Waals surface area contributed by atoms with Crippen LogP contribution in [0.4, 0.5) is 0 Å². The number of hydrogen-bond acceptors (Lipinski definition) is 3. The molecule has 17 heavy (non-hydrogen) atoms. The van der Waals surface area contributed by atoms with E-state index in [0.29, 0.717) is 5.75 Å². The van der Waals surface area contributed by atoms with Crippen LogP contribution in [-0.4, -0.2) is 19.3 Å². The molecular formula is C13H19IO3. The van der Waals surface area contributed by atoms with E-state index in [1.54, 1.807) is 7.11 Å². The molecule has 0 bridgehead atoms. The van der Waals surface area contributed by atoms with Gasteiger partial charge in [0.25, 0.3) is 0 Å². The van der Waals surface area contributed by atoms with Crippen LogP contribution in [0.1, 0.15) is 27.7 Å². The fraction of sp³-hybridized carbons (Fsp3) is 0.538. The lowest BCUT2D eigenvalue weighted by atomic mass is 10.3. The van der Waals surface area contributed by atoms with Crippen molar-refractivity contribution in [1.82, 2.24) is 0 Å². The lowest BCUT2D eigenvalue weighted by Gasteiger charge is -2.18. The van der Waals surface area contributed by atoms with E-state index in [1.807, 2.05) is 39.8 Å². The molecule has 0 radical (unpaired) electrons. The molecule has 0 aromatic heterocycles. The second kappa shape index (κ2) is 6.33. The zero-order valence-corrected chi connectivity index (χ0v) is 13.1. The third-order valence-corrected chi connectivity index (χ3v) is 2.54. The topological polar surface area (TPSA) is 27.7 Å². The van der Waals surface area contributed by atoms with Crippen LogP contribution >= 0.6 is 22.6 Å². The largest absolute Gasteiger partial charge is 0.490 e. The second-order valence-electron chi connectivity index (χ2n) is 4.27. The van der Waals surface area contributed by atoms with Crippen LogP contribution in [-0.2, 0) is 0 Å². The number of hydrogen-bond donors (Lipinski definition) is 0. The van der Waals surface area contributed by atoms with Crippen molar-refractivity contribution in [3.05, 3.63) is 15.7 Å². The Morgan fingerprint density at radius 3 is 1.65 bits per heavy atom. The van der Waals surface area contributed by atoms with Crippen LogP contribution in [0.5, 0.6) is 17.2 Å². The Morgan fingerprint density at radius 2 is 1.35 bits per heavy atom. The summed E-state index contributed by atoms with van der Waals surface area (Å²) in [6, 6.07) is 3.90. The SMILES string of the molecule is COc1c(OC(C)C)cc(I)cc1OC(C)C. The molecule has 0 fully saturated rings. The van der Waals surface area contributed by atoms with Crippen LogP contribution in [0.15, 0.2) is 12.1 Å². The zero-order valence-electron chi connectivity index (χ0n) is 10.9. The van der Waals surface area contributed by atoms with Crippen molar-refractivity contribution < 1.29 is 14.2 Å². The van der Waals surface area contributed by atoms with Crippen molar-refractivity contribution in [2.24, 2.45) is 0 Å². The van der Waals surface area contributed by atoms with Crippen LogP contribution in [0.3, 0.4) is 0 Å². The van der Waals surface area contributed by atoms with Crippen molar-refractivity contribution in [2.75, 3.05) is 7.11 Å². The van der Waals surface area contributed by atoms with Gasteiger partial charge in [-0.3, -0.25) is 0 Å². The number of rotatable bonds is 5. The monoisotopic (exact) mass is 350 g/mol. The summed E-state index contributed by atoms with van der Waals surface area (Å²) < 4.78 is 17.9. The molecule has 0 aliphatic rings. The van der Waals surface area contributed by atoms with Crippen LogP contribution in [0, 0.1) is 3.57 Å². The van der Waals surface area contributed by atoms with E-state index in [4.69, 9.17) is 14.2 Å². The van der Waals surface area contributed by atoms with E-state index in [9.17, 15) is 0 Å². The third kappa shape index (κ3) is 4.26. The van der Waals surface area contributed by atoms with Crippen LogP contribution in [0.25, 0.3) is 0 Å². The highest BCUT2D eigenvalue weighted by molar-refractivity contribution is 14.1. The molecule has 0 saturated carbocycles. The van der Waals surface area contributed by atoms with Gasteiger partial charge in [-0.05, 0) is 62.4 Å². The van der Waals surface area contributed by atoms with Gasteiger partial charge in [-0.1, -0.05) is 0 Å². The minimum Gasteiger partial charge on any atom is -0.490 e. The standard InChI is InChI=1S/C13H19IO3/c1-8(2)16-11-6-10(14)7-12(13(11)15-5)17-9(3)4/h6-9H,1-5H3. The van der Waals surface area contributed by atoms with Crippen molar-refractivity contribution >= 4 is 22.6 Å². The fourth-order valence-electron chi connectivity index (χ4n) is 1.43. The highest BCUT2D eigenvalue weighted by Gasteiger charge is 2.15. The average Bonchev–Trinajstić information content (AvgIpc) is 2.14. The Kier molecular flexibility index (Phi) is 5.36. The van der Waals surface area contributed by atoms with Gasteiger partial charge in [-0.2, -0.15) is 0 Å². The van der Waals surface area contributed by atoms with Gasteiger partial charge < -0.3 is 14.2 Å². The summed E-state index contributed by atoms with van der Waals surface area (Å²) in [5.41, 5.74) is 0. The number of ether oxygens (including phenoxy) is 3. The molecule has 0 aliphatic heterocycles. The Morgan fingerprint density at radius 1 is 0.941 bits per heavy atom. The summed E-state index contributed by atoms with van der Waals surface area (Å²) in [6.45, 7) is 7.95. The Bertz CT molecular complexity index is 344. The summed E-state index contributed by atoms with van der Waals surface area (Å²) in [5, 5.41) is 0. The van der Waals surface area contributed by atoms with Crippen molar-refractivity contribution in [1.29, 1.82) is 0 Å². The maximum absolute atomic E-state index is 5.73. The molecule has 0 aliphatic carbocycles. The fourth-order valence-corrected chi connectivity index (χ4v) is 1.99. The lowest BCUT2D eigenvalue weighted by Crippen LogP contribution is -2.10. The molecule has 0 atom stereocenters. The third-order valence-electron chi connectivity index (χ3n) is 1.92. The zero-order chi connectivity index (χ0) is 13.0. The lowest BCUT2D eigenvalue weighted by molar-refractivity contribution is 0.208. The molecule has 0 heterocycles. The maximum atomic E-state index is 5.73. The Balaban J connectivity index is 3.15. The molecule has 96 valence electrons. The molecule has 1 rings (SSSR count). The van der Waals surface area contributed by atoms with Gasteiger partial charge in [0.1, 0.15) is 0 Å².